The van der Waals surface area contributed by atoms with Crippen LogP contribution in [0, 0.1) is 51.4 Å². The van der Waals surface area contributed by atoms with Crippen LogP contribution in [-0.4, -0.2) is 28.0 Å². The number of hydrazone groups is 1. The molecule has 2 aromatic rings. The molecule has 4 aliphatic carbocycles. The number of hydrogen-bond donors (Lipinski definition) is 0. The van der Waals surface area contributed by atoms with Crippen LogP contribution in [-0.2, 0) is 9.59 Å². The Bertz CT molecular complexity index is 1180. The predicted octanol–water partition coefficient (Wildman–Crippen LogP) is 3.38. The number of nitro benzene ring substituents is 1. The van der Waals surface area contributed by atoms with Gasteiger partial charge < -0.3 is 4.42 Å². The first-order chi connectivity index (χ1) is 14.9. The quantitative estimate of drug-likeness (QED) is 0.247. The number of benzene rings is 1. The van der Waals surface area contributed by atoms with Crippen molar-refractivity contribution in [2.75, 3.05) is 0 Å². The van der Waals surface area contributed by atoms with Gasteiger partial charge in [-0.2, -0.15) is 10.1 Å². The molecule has 8 nitrogen and oxygen atoms in total. The molecule has 2 heterocycles. The minimum absolute atomic E-state index is 0.117. The molecular weight excluding hydrogens is 405 g/mol. The monoisotopic (exact) mass is 421 g/mol. The first-order valence-corrected chi connectivity index (χ1v) is 10.1. The van der Waals surface area contributed by atoms with E-state index < -0.39 is 16.4 Å². The van der Waals surface area contributed by atoms with E-state index in [1.165, 1.54) is 24.4 Å². The molecule has 0 unspecified atom stereocenters. The van der Waals surface area contributed by atoms with E-state index in [1.54, 1.807) is 0 Å². The van der Waals surface area contributed by atoms with Crippen molar-refractivity contribution >= 4 is 23.7 Å². The fraction of sp³-hybridized carbons (Fsp3) is 0.318. The Hall–Kier alpha value is -3.62. The number of amides is 2. The summed E-state index contributed by atoms with van der Waals surface area (Å²) in [6, 6.07) is 6.20. The lowest BCUT2D eigenvalue weighted by molar-refractivity contribution is -0.384. The normalized spacial score (nSPS) is 32.6. The molecule has 156 valence electrons. The maximum absolute atomic E-state index is 13.4. The third kappa shape index (κ3) is 2.55. The molecule has 0 N–H and O–H groups in total. The van der Waals surface area contributed by atoms with Gasteiger partial charge in [-0.1, -0.05) is 12.2 Å². The van der Waals surface area contributed by atoms with Crippen LogP contribution < -0.4 is 0 Å². The number of halogens is 1. The van der Waals surface area contributed by atoms with Crippen LogP contribution in [0.3, 0.4) is 0 Å². The molecule has 2 bridgehead atoms. The number of rotatable bonds is 4. The van der Waals surface area contributed by atoms with E-state index in [2.05, 4.69) is 17.3 Å². The summed E-state index contributed by atoms with van der Waals surface area (Å²) in [5.41, 5.74) is -0.305. The van der Waals surface area contributed by atoms with E-state index in [1.807, 2.05) is 0 Å². The number of carbonyl (C=O) groups excluding carboxylic acids is 2. The van der Waals surface area contributed by atoms with Gasteiger partial charge in [-0.15, -0.1) is 0 Å². The molecule has 0 spiro atoms. The highest BCUT2D eigenvalue weighted by Crippen LogP contribution is 2.65. The van der Waals surface area contributed by atoms with Crippen LogP contribution in [0.5, 0.6) is 0 Å². The van der Waals surface area contributed by atoms with Crippen molar-refractivity contribution in [2.45, 2.75) is 6.42 Å². The van der Waals surface area contributed by atoms with Crippen LogP contribution in [0.4, 0.5) is 10.1 Å². The summed E-state index contributed by atoms with van der Waals surface area (Å²) in [5.74, 6) is -0.332. The topological polar surface area (TPSA) is 106 Å². The third-order valence-electron chi connectivity index (χ3n) is 6.99. The third-order valence-corrected chi connectivity index (χ3v) is 6.99. The molecule has 9 heteroatoms. The predicted molar refractivity (Wildman–Crippen MR) is 105 cm³/mol. The van der Waals surface area contributed by atoms with Crippen LogP contribution >= 0.6 is 0 Å². The molecule has 0 radical (unpaired) electrons. The highest BCUT2D eigenvalue weighted by atomic mass is 19.1. The lowest BCUT2D eigenvalue weighted by Crippen LogP contribution is -2.40. The summed E-state index contributed by atoms with van der Waals surface area (Å²) in [6.07, 6.45) is 6.52. The molecule has 1 saturated heterocycles. The fourth-order valence-electron chi connectivity index (χ4n) is 5.60. The molecule has 7 rings (SSSR count). The number of nitrogens with zero attached hydrogens (tertiary/aromatic N) is 3. The average Bonchev–Trinajstić information content (AvgIpc) is 3.39. The summed E-state index contributed by atoms with van der Waals surface area (Å²) in [4.78, 5) is 36.4. The Balaban J connectivity index is 1.26. The van der Waals surface area contributed by atoms with Crippen LogP contribution in [0.2, 0.25) is 0 Å². The number of allylic oxidation sites excluding steroid dienone is 2. The van der Waals surface area contributed by atoms with Gasteiger partial charge in [-0.25, -0.2) is 4.39 Å². The first-order valence-electron chi connectivity index (χ1n) is 10.1. The Morgan fingerprint density at radius 1 is 1.10 bits per heavy atom. The van der Waals surface area contributed by atoms with Crippen LogP contribution in [0.25, 0.3) is 11.3 Å². The summed E-state index contributed by atoms with van der Waals surface area (Å²) in [6.45, 7) is 0. The lowest BCUT2D eigenvalue weighted by Gasteiger charge is -2.37. The summed E-state index contributed by atoms with van der Waals surface area (Å²) in [7, 11) is 0. The second-order valence-electron chi connectivity index (χ2n) is 8.51. The zero-order valence-electron chi connectivity index (χ0n) is 16.1. The fourth-order valence-corrected chi connectivity index (χ4v) is 5.60. The van der Waals surface area contributed by atoms with Gasteiger partial charge in [0.2, 0.25) is 0 Å². The molecule has 31 heavy (non-hydrogen) atoms. The van der Waals surface area contributed by atoms with Crippen molar-refractivity contribution in [1.82, 2.24) is 5.01 Å². The largest absolute Gasteiger partial charge is 0.455 e. The van der Waals surface area contributed by atoms with Crippen LogP contribution in [0.1, 0.15) is 12.2 Å². The zero-order chi connectivity index (χ0) is 21.4. The van der Waals surface area contributed by atoms with Crippen molar-refractivity contribution in [1.29, 1.82) is 0 Å². The number of hydrogen-bond acceptors (Lipinski definition) is 6. The summed E-state index contributed by atoms with van der Waals surface area (Å²) >= 11 is 0. The summed E-state index contributed by atoms with van der Waals surface area (Å²) in [5, 5.41) is 16.2. The van der Waals surface area contributed by atoms with Crippen molar-refractivity contribution < 1.29 is 23.3 Å². The second-order valence-corrected chi connectivity index (χ2v) is 8.51. The maximum atomic E-state index is 13.4. The highest BCUT2D eigenvalue weighted by molar-refractivity contribution is 6.06. The van der Waals surface area contributed by atoms with E-state index in [4.69, 9.17) is 4.42 Å². The van der Waals surface area contributed by atoms with Gasteiger partial charge in [0.05, 0.1) is 34.6 Å². The number of furan rings is 1. The van der Waals surface area contributed by atoms with Crippen LogP contribution in [0.15, 0.2) is 52.0 Å². The van der Waals surface area contributed by atoms with E-state index in [0.717, 1.165) is 23.6 Å². The van der Waals surface area contributed by atoms with Crippen molar-refractivity contribution in [3.8, 4) is 11.3 Å². The smallest absolute Gasteiger partial charge is 0.283 e. The second kappa shape index (κ2) is 6.19. The van der Waals surface area contributed by atoms with Gasteiger partial charge in [0, 0.05) is 0 Å². The van der Waals surface area contributed by atoms with E-state index in [-0.39, 0.29) is 52.6 Å². The zero-order valence-corrected chi connectivity index (χ0v) is 16.1. The molecular formula is C22H16FN3O5. The van der Waals surface area contributed by atoms with Crippen molar-refractivity contribution in [2.24, 2.45) is 40.6 Å². The molecule has 1 aliphatic heterocycles. The molecule has 6 atom stereocenters. The Labute approximate surface area is 175 Å². The van der Waals surface area contributed by atoms with Crippen molar-refractivity contribution in [3.05, 3.63) is 64.2 Å². The number of carbonyl (C=O) groups is 2. The van der Waals surface area contributed by atoms with Gasteiger partial charge in [-0.3, -0.25) is 19.7 Å². The van der Waals surface area contributed by atoms with E-state index in [0.29, 0.717) is 11.8 Å². The van der Waals surface area contributed by atoms with E-state index in [9.17, 15) is 24.1 Å². The van der Waals surface area contributed by atoms with Crippen molar-refractivity contribution in [3.63, 3.8) is 0 Å². The molecule has 1 aromatic carbocycles. The maximum Gasteiger partial charge on any atom is 0.283 e. The van der Waals surface area contributed by atoms with Gasteiger partial charge in [0.25, 0.3) is 17.5 Å². The van der Waals surface area contributed by atoms with Gasteiger partial charge in [0.1, 0.15) is 17.3 Å². The molecule has 3 fully saturated rings. The SMILES string of the molecule is O=C1[C@@H]2[C@H]3C=C[C@@H]([C@@H]4C[C@H]34)[C@@H]2C(=O)N1/N=C\c1ccc(-c2ccc(F)cc2[N+](=O)[O-])o1. The van der Waals surface area contributed by atoms with Gasteiger partial charge in [-0.05, 0) is 54.4 Å². The van der Waals surface area contributed by atoms with E-state index >= 15 is 0 Å². The Morgan fingerprint density at radius 2 is 1.77 bits per heavy atom. The molecule has 1 aromatic heterocycles. The minimum atomic E-state index is -0.725. The molecule has 5 aliphatic rings. The highest BCUT2D eigenvalue weighted by Gasteiger charge is 2.67. The van der Waals surface area contributed by atoms with Gasteiger partial charge in [0.15, 0.2) is 0 Å². The molecule has 2 amide bonds. The minimum Gasteiger partial charge on any atom is -0.455 e. The molecule has 2 saturated carbocycles. The first kappa shape index (κ1) is 18.2. The average molecular weight is 421 g/mol. The number of imide groups is 1. The summed E-state index contributed by atoms with van der Waals surface area (Å²) < 4.78 is 19.0. The number of nitro groups is 1. The van der Waals surface area contributed by atoms with Gasteiger partial charge >= 0.3 is 0 Å². The lowest BCUT2D eigenvalue weighted by atomic mass is 9.63. The Kier molecular flexibility index (Phi) is 3.63. The standard InChI is InChI=1S/C22H16FN3O5/c23-10-1-3-14(17(7-10)26(29)30)18-6-2-11(31-18)9-24-25-21(27)19-12-4-5-13(16-8-15(12)16)20(19)22(25)28/h1-7,9,12-13,15-16,19-20H,8H2/b24-9-/t12-,13-,15-,16+,19-,20+/m0/s1. The Morgan fingerprint density at radius 3 is 2.42 bits per heavy atom.